The molecule has 0 radical (unpaired) electrons. The molecular formula is C15H17N7O. The Morgan fingerprint density at radius 3 is 2.74 bits per heavy atom. The summed E-state index contributed by atoms with van der Waals surface area (Å²) in [6.45, 7) is 3.12. The number of hydrazone groups is 1. The van der Waals surface area contributed by atoms with Crippen LogP contribution in [0, 0.1) is 23.7 Å². The van der Waals surface area contributed by atoms with E-state index in [2.05, 4.69) is 15.6 Å². The molecular weight excluding hydrogens is 294 g/mol. The van der Waals surface area contributed by atoms with Crippen LogP contribution >= 0.6 is 0 Å². The normalized spacial score (nSPS) is 10.9. The number of amidine groups is 1. The SMILES string of the molecule is Cc1ccn(CCOc2ccc(N/N=C(\C#N)C(=N)N)cc2)n1. The molecule has 2 aromatic rings. The highest BCUT2D eigenvalue weighted by molar-refractivity contribution is 6.45. The molecule has 8 nitrogen and oxygen atoms in total. The van der Waals surface area contributed by atoms with Crippen LogP contribution in [-0.4, -0.2) is 27.9 Å². The van der Waals surface area contributed by atoms with Crippen molar-refractivity contribution < 1.29 is 4.74 Å². The lowest BCUT2D eigenvalue weighted by atomic mass is 10.3. The Morgan fingerprint density at radius 1 is 1.43 bits per heavy atom. The number of nitrogens with zero attached hydrogens (tertiary/aromatic N) is 4. The minimum atomic E-state index is -0.381. The maximum Gasteiger partial charge on any atom is 0.201 e. The first-order valence-electron chi connectivity index (χ1n) is 6.89. The lowest BCUT2D eigenvalue weighted by molar-refractivity contribution is 0.291. The molecule has 8 heteroatoms. The molecule has 2 rings (SSSR count). The fourth-order valence-electron chi connectivity index (χ4n) is 1.74. The van der Waals surface area contributed by atoms with Crippen molar-refractivity contribution in [2.45, 2.75) is 13.5 Å². The molecule has 0 unspecified atom stereocenters. The van der Waals surface area contributed by atoms with Crippen LogP contribution in [0.2, 0.25) is 0 Å². The van der Waals surface area contributed by atoms with E-state index < -0.39 is 0 Å². The Balaban J connectivity index is 1.84. The number of anilines is 1. The molecule has 0 aliphatic heterocycles. The Labute approximate surface area is 133 Å². The largest absolute Gasteiger partial charge is 0.492 e. The molecule has 0 amide bonds. The summed E-state index contributed by atoms with van der Waals surface area (Å²) >= 11 is 0. The number of hydrogen-bond acceptors (Lipinski definition) is 6. The van der Waals surface area contributed by atoms with Gasteiger partial charge in [0.2, 0.25) is 5.71 Å². The highest BCUT2D eigenvalue weighted by Gasteiger charge is 2.01. The summed E-state index contributed by atoms with van der Waals surface area (Å²) < 4.78 is 7.45. The van der Waals surface area contributed by atoms with E-state index in [1.54, 1.807) is 30.3 Å². The number of aryl methyl sites for hydroxylation is 1. The molecule has 0 spiro atoms. The lowest BCUT2D eigenvalue weighted by Gasteiger charge is -2.07. The predicted molar refractivity (Wildman–Crippen MR) is 87.5 cm³/mol. The molecule has 118 valence electrons. The predicted octanol–water partition coefficient (Wildman–Crippen LogP) is 1.50. The maximum absolute atomic E-state index is 8.74. The van der Waals surface area contributed by atoms with Gasteiger partial charge in [-0.25, -0.2) is 0 Å². The molecule has 4 N–H and O–H groups in total. The van der Waals surface area contributed by atoms with Gasteiger partial charge in [-0.15, -0.1) is 0 Å². The van der Waals surface area contributed by atoms with E-state index in [0.29, 0.717) is 18.8 Å². The van der Waals surface area contributed by atoms with E-state index in [0.717, 1.165) is 11.4 Å². The van der Waals surface area contributed by atoms with Gasteiger partial charge in [0.25, 0.3) is 0 Å². The Hall–Kier alpha value is -3.34. The Bertz CT molecular complexity index is 740. The second-order valence-electron chi connectivity index (χ2n) is 4.69. The van der Waals surface area contributed by atoms with Crippen molar-refractivity contribution >= 4 is 17.2 Å². The Morgan fingerprint density at radius 2 is 2.17 bits per heavy atom. The lowest BCUT2D eigenvalue weighted by Crippen LogP contribution is -2.21. The van der Waals surface area contributed by atoms with Crippen LogP contribution in [-0.2, 0) is 6.54 Å². The summed E-state index contributed by atoms with van der Waals surface area (Å²) in [6.07, 6.45) is 1.91. The summed E-state index contributed by atoms with van der Waals surface area (Å²) in [5.74, 6) is 0.337. The van der Waals surface area contributed by atoms with Crippen molar-refractivity contribution in [2.75, 3.05) is 12.0 Å². The van der Waals surface area contributed by atoms with Gasteiger partial charge in [0.15, 0.2) is 5.84 Å². The third-order valence-electron chi connectivity index (χ3n) is 2.88. The average Bonchev–Trinajstić information content (AvgIpc) is 2.94. The number of nitriles is 1. The van der Waals surface area contributed by atoms with Gasteiger partial charge in [-0.1, -0.05) is 0 Å². The zero-order valence-corrected chi connectivity index (χ0v) is 12.7. The second kappa shape index (κ2) is 7.61. The number of nitrogens with one attached hydrogen (secondary N) is 2. The molecule has 1 heterocycles. The van der Waals surface area contributed by atoms with Gasteiger partial charge >= 0.3 is 0 Å². The van der Waals surface area contributed by atoms with E-state index in [-0.39, 0.29) is 11.5 Å². The summed E-state index contributed by atoms with van der Waals surface area (Å²) in [7, 11) is 0. The smallest absolute Gasteiger partial charge is 0.201 e. The zero-order chi connectivity index (χ0) is 16.7. The molecule has 0 saturated carbocycles. The van der Waals surface area contributed by atoms with Crippen LogP contribution in [0.3, 0.4) is 0 Å². The molecule has 0 saturated heterocycles. The summed E-state index contributed by atoms with van der Waals surface area (Å²) in [5.41, 5.74) is 9.34. The molecule has 0 bridgehead atoms. The number of hydrogen-bond donors (Lipinski definition) is 3. The number of nitrogens with two attached hydrogens (primary N) is 1. The second-order valence-corrected chi connectivity index (χ2v) is 4.69. The van der Waals surface area contributed by atoms with Crippen molar-refractivity contribution in [3.63, 3.8) is 0 Å². The highest BCUT2D eigenvalue weighted by Crippen LogP contribution is 2.15. The minimum absolute atomic E-state index is 0.167. The summed E-state index contributed by atoms with van der Waals surface area (Å²) in [6, 6.07) is 10.8. The van der Waals surface area contributed by atoms with E-state index in [9.17, 15) is 0 Å². The molecule has 0 aliphatic carbocycles. The standard InChI is InChI=1S/C15H17N7O/c1-11-6-7-22(21-11)8-9-23-13-4-2-12(3-5-13)19-20-14(10-16)15(17)18/h2-7,19H,8-9H2,1H3,(H3,17,18)/b20-14+. The van der Waals surface area contributed by atoms with Gasteiger partial charge in [-0.3, -0.25) is 15.5 Å². The van der Waals surface area contributed by atoms with Crippen LogP contribution in [0.25, 0.3) is 0 Å². The average molecular weight is 311 g/mol. The monoisotopic (exact) mass is 311 g/mol. The van der Waals surface area contributed by atoms with Crippen LogP contribution in [0.15, 0.2) is 41.6 Å². The number of benzene rings is 1. The van der Waals surface area contributed by atoms with E-state index >= 15 is 0 Å². The molecule has 0 atom stereocenters. The molecule has 1 aromatic heterocycles. The topological polar surface area (TPSA) is 125 Å². The summed E-state index contributed by atoms with van der Waals surface area (Å²) in [4.78, 5) is 0. The van der Waals surface area contributed by atoms with Gasteiger partial charge in [0.05, 0.1) is 17.9 Å². The van der Waals surface area contributed by atoms with Crippen LogP contribution in [0.1, 0.15) is 5.69 Å². The van der Waals surface area contributed by atoms with Gasteiger partial charge in [-0.05, 0) is 37.3 Å². The van der Waals surface area contributed by atoms with Crippen LogP contribution in [0.5, 0.6) is 5.75 Å². The first-order valence-corrected chi connectivity index (χ1v) is 6.89. The van der Waals surface area contributed by atoms with Crippen LogP contribution < -0.4 is 15.9 Å². The van der Waals surface area contributed by atoms with Crippen molar-refractivity contribution in [1.82, 2.24) is 9.78 Å². The number of rotatable bonds is 7. The van der Waals surface area contributed by atoms with Crippen molar-refractivity contribution in [3.05, 3.63) is 42.2 Å². The molecule has 23 heavy (non-hydrogen) atoms. The van der Waals surface area contributed by atoms with E-state index in [1.165, 1.54) is 0 Å². The number of ether oxygens (including phenoxy) is 1. The van der Waals surface area contributed by atoms with Crippen LogP contribution in [0.4, 0.5) is 5.69 Å². The van der Waals surface area contributed by atoms with Gasteiger partial charge < -0.3 is 10.5 Å². The van der Waals surface area contributed by atoms with Gasteiger partial charge in [0, 0.05) is 6.20 Å². The quantitative estimate of drug-likeness (QED) is 0.406. The Kier molecular flexibility index (Phi) is 5.30. The molecule has 0 fully saturated rings. The molecule has 1 aromatic carbocycles. The summed E-state index contributed by atoms with van der Waals surface area (Å²) in [5, 5.41) is 23.9. The van der Waals surface area contributed by atoms with Gasteiger partial charge in [0.1, 0.15) is 18.4 Å². The van der Waals surface area contributed by atoms with E-state index in [4.69, 9.17) is 21.1 Å². The van der Waals surface area contributed by atoms with E-state index in [1.807, 2.05) is 23.9 Å². The minimum Gasteiger partial charge on any atom is -0.492 e. The number of aromatic nitrogens is 2. The van der Waals surface area contributed by atoms with Crippen molar-refractivity contribution in [2.24, 2.45) is 10.8 Å². The fraction of sp³-hybridized carbons (Fsp3) is 0.200. The first-order chi connectivity index (χ1) is 11.1. The third-order valence-corrected chi connectivity index (χ3v) is 2.88. The molecule has 0 aliphatic rings. The fourth-order valence-corrected chi connectivity index (χ4v) is 1.74. The van der Waals surface area contributed by atoms with Crippen molar-refractivity contribution in [1.29, 1.82) is 10.7 Å². The highest BCUT2D eigenvalue weighted by atomic mass is 16.5. The maximum atomic E-state index is 8.74. The zero-order valence-electron chi connectivity index (χ0n) is 12.7. The van der Waals surface area contributed by atoms with Gasteiger partial charge in [-0.2, -0.15) is 15.5 Å². The van der Waals surface area contributed by atoms with Crippen molar-refractivity contribution in [3.8, 4) is 11.8 Å². The first kappa shape index (κ1) is 16.0. The third kappa shape index (κ3) is 4.86.